The number of aliphatic imine (C=N–C) groups is 1. The van der Waals surface area contributed by atoms with Crippen LogP contribution in [-0.4, -0.2) is 95.5 Å². The van der Waals surface area contributed by atoms with E-state index in [1.807, 2.05) is 0 Å². The number of aromatic nitrogens is 1. The number of nitrogens with zero attached hydrogens (tertiary/aromatic N) is 4. The number of hydrogen-bond donors (Lipinski definition) is 4. The molecule has 2 amide bonds. The molecule has 3 rings (SSSR count). The average molecular weight is 594 g/mol. The third kappa shape index (κ3) is 7.68. The molecule has 0 bridgehead atoms. The number of sulfonamides is 1. The zero-order valence-corrected chi connectivity index (χ0v) is 23.1. The molecular weight excluding hydrogens is 562 g/mol. The van der Waals surface area contributed by atoms with Crippen LogP contribution in [-0.2, 0) is 30.2 Å². The molecule has 6 N–H and O–H groups in total. The van der Waals surface area contributed by atoms with Gasteiger partial charge < -0.3 is 26.8 Å². The number of nitrogens with one attached hydrogen (secondary N) is 1. The molecule has 1 unspecified atom stereocenters. The van der Waals surface area contributed by atoms with E-state index in [0.717, 1.165) is 26.9 Å². The van der Waals surface area contributed by atoms with Crippen molar-refractivity contribution >= 4 is 51.3 Å². The second kappa shape index (κ2) is 14.1. The minimum absolute atomic E-state index is 0.177. The Balaban J connectivity index is 1.85. The van der Waals surface area contributed by atoms with E-state index in [2.05, 4.69) is 15.3 Å². The van der Waals surface area contributed by atoms with E-state index < -0.39 is 64.0 Å². The second-order valence-electron chi connectivity index (χ2n) is 8.86. The maximum absolute atomic E-state index is 13.5. The third-order valence-corrected chi connectivity index (χ3v) is 8.76. The number of aliphatic carboxylic acids is 1. The van der Waals surface area contributed by atoms with Gasteiger partial charge in [0.15, 0.2) is 5.01 Å². The molecule has 1 fully saturated rings. The molecule has 14 nitrogen and oxygen atoms in total. The van der Waals surface area contributed by atoms with Crippen molar-refractivity contribution in [3.63, 3.8) is 0 Å². The molecule has 0 spiro atoms. The van der Waals surface area contributed by atoms with Crippen LogP contribution in [0.3, 0.4) is 0 Å². The van der Waals surface area contributed by atoms with E-state index in [1.54, 1.807) is 35.7 Å². The van der Waals surface area contributed by atoms with Crippen molar-refractivity contribution in [2.45, 2.75) is 43.3 Å². The summed E-state index contributed by atoms with van der Waals surface area (Å²) in [7, 11) is -4.11. The Morgan fingerprint density at radius 1 is 1.25 bits per heavy atom. The summed E-state index contributed by atoms with van der Waals surface area (Å²) in [6, 6.07) is 5.62. The van der Waals surface area contributed by atoms with E-state index in [9.17, 15) is 32.7 Å². The lowest BCUT2D eigenvalue weighted by atomic mass is 10.1. The van der Waals surface area contributed by atoms with Crippen molar-refractivity contribution in [3.05, 3.63) is 52.5 Å². The van der Waals surface area contributed by atoms with Crippen LogP contribution < -0.4 is 16.8 Å². The summed E-state index contributed by atoms with van der Waals surface area (Å²) in [5, 5.41) is 13.8. The maximum atomic E-state index is 13.5. The molecule has 40 heavy (non-hydrogen) atoms. The van der Waals surface area contributed by atoms with Gasteiger partial charge in [0.25, 0.3) is 5.91 Å². The lowest BCUT2D eigenvalue weighted by Crippen LogP contribution is -2.64. The first-order valence-corrected chi connectivity index (χ1v) is 14.8. The fourth-order valence-electron chi connectivity index (χ4n) is 4.29. The summed E-state index contributed by atoms with van der Waals surface area (Å²) >= 11 is 1.10. The standard InChI is InChI=1S/C24H31N7O7S2/c25-8-4-7-17(20(34)23-27-9-12-39-23)29-22(35)21(28-15-26)30-10-11-31(18(24(30)36)13-19(32)33)40(37,38)14-16-5-2-1-3-6-16/h1-3,5-6,9,12,15,17-18,21H,4,7-8,10-11,13-14,25H2,(H2,26,28)(H,29,35)(H,32,33)/t17?,18-,21+/m1/s1. The highest BCUT2D eigenvalue weighted by Crippen LogP contribution is 2.24. The Morgan fingerprint density at radius 2 is 1.98 bits per heavy atom. The fourth-order valence-corrected chi connectivity index (χ4v) is 6.61. The molecule has 2 heterocycles. The molecule has 0 saturated carbocycles. The van der Waals surface area contributed by atoms with Crippen molar-refractivity contribution in [3.8, 4) is 0 Å². The highest BCUT2D eigenvalue weighted by molar-refractivity contribution is 7.88. The fraction of sp³-hybridized carbons (Fsp3) is 0.417. The first-order chi connectivity index (χ1) is 19.1. The third-order valence-electron chi connectivity index (χ3n) is 6.12. The summed E-state index contributed by atoms with van der Waals surface area (Å²) in [5.41, 5.74) is 11.5. The lowest BCUT2D eigenvalue weighted by molar-refractivity contribution is -0.150. The maximum Gasteiger partial charge on any atom is 0.305 e. The average Bonchev–Trinajstić information content (AvgIpc) is 3.45. The number of benzene rings is 1. The number of Topliss-reactive ketones (excluding diaryl/α,β-unsaturated/α-hetero) is 1. The highest BCUT2D eigenvalue weighted by atomic mass is 32.2. The van der Waals surface area contributed by atoms with E-state index in [0.29, 0.717) is 12.0 Å². The molecule has 1 aliphatic heterocycles. The minimum Gasteiger partial charge on any atom is -0.481 e. The zero-order valence-electron chi connectivity index (χ0n) is 21.5. The molecule has 1 aliphatic rings. The van der Waals surface area contributed by atoms with Crippen molar-refractivity contribution in [1.82, 2.24) is 19.5 Å². The molecular formula is C24H31N7O7S2. The van der Waals surface area contributed by atoms with Crippen LogP contribution in [0.15, 0.2) is 46.9 Å². The molecule has 3 atom stereocenters. The van der Waals surface area contributed by atoms with Crippen LogP contribution in [0.2, 0.25) is 0 Å². The number of ketones is 1. The SMILES string of the molecule is NC=N[C@H](C(=O)NC(CCCN)C(=O)c1nccs1)N1CCN(S(=O)(=O)Cc2ccccc2)[C@H](CC(=O)O)C1=O. The monoisotopic (exact) mass is 593 g/mol. The topological polar surface area (TPSA) is 218 Å². The molecule has 0 aliphatic carbocycles. The van der Waals surface area contributed by atoms with Gasteiger partial charge in [-0.3, -0.25) is 19.2 Å². The molecule has 2 aromatic rings. The summed E-state index contributed by atoms with van der Waals surface area (Å²) in [5.74, 6) is -4.07. The van der Waals surface area contributed by atoms with Crippen molar-refractivity contribution in [2.75, 3.05) is 19.6 Å². The van der Waals surface area contributed by atoms with Crippen LogP contribution in [0.5, 0.6) is 0 Å². The smallest absolute Gasteiger partial charge is 0.305 e. The van der Waals surface area contributed by atoms with Crippen LogP contribution in [0, 0.1) is 0 Å². The largest absolute Gasteiger partial charge is 0.481 e. The number of rotatable bonds is 14. The van der Waals surface area contributed by atoms with E-state index in [-0.39, 0.29) is 31.1 Å². The van der Waals surface area contributed by atoms with Gasteiger partial charge in [-0.1, -0.05) is 30.3 Å². The summed E-state index contributed by atoms with van der Waals surface area (Å²) < 4.78 is 27.3. The van der Waals surface area contributed by atoms with Crippen LogP contribution >= 0.6 is 11.3 Å². The first-order valence-electron chi connectivity index (χ1n) is 12.3. The Hall–Kier alpha value is -3.73. The van der Waals surface area contributed by atoms with Crippen LogP contribution in [0.25, 0.3) is 0 Å². The molecule has 1 saturated heterocycles. The number of carbonyl (C=O) groups excluding carboxylic acids is 3. The minimum atomic E-state index is -4.11. The zero-order chi connectivity index (χ0) is 29.3. The van der Waals surface area contributed by atoms with Crippen LogP contribution in [0.1, 0.15) is 34.6 Å². The molecule has 16 heteroatoms. The predicted molar refractivity (Wildman–Crippen MR) is 147 cm³/mol. The van der Waals surface area contributed by atoms with Gasteiger partial charge in [0.1, 0.15) is 6.04 Å². The number of carbonyl (C=O) groups is 4. The number of carboxylic acids is 1. The molecule has 216 valence electrons. The normalized spacial score (nSPS) is 18.0. The van der Waals surface area contributed by atoms with Gasteiger partial charge in [-0.2, -0.15) is 4.31 Å². The Morgan fingerprint density at radius 3 is 2.58 bits per heavy atom. The summed E-state index contributed by atoms with van der Waals surface area (Å²) in [6.07, 6.45) is 0.460. The van der Waals surface area contributed by atoms with Gasteiger partial charge in [-0.15, -0.1) is 11.3 Å². The number of hydrogen-bond acceptors (Lipinski definition) is 10. The number of nitrogens with two attached hydrogens (primary N) is 2. The summed E-state index contributed by atoms with van der Waals surface area (Å²) in [4.78, 5) is 60.3. The van der Waals surface area contributed by atoms with Gasteiger partial charge in [0.05, 0.1) is 24.6 Å². The van der Waals surface area contributed by atoms with Gasteiger partial charge >= 0.3 is 5.97 Å². The Labute approximate surface area is 235 Å². The van der Waals surface area contributed by atoms with Gasteiger partial charge in [-0.25, -0.2) is 18.4 Å². The lowest BCUT2D eigenvalue weighted by Gasteiger charge is -2.41. The molecule has 1 aromatic heterocycles. The number of amides is 2. The van der Waals surface area contributed by atoms with Gasteiger partial charge in [-0.05, 0) is 24.9 Å². The van der Waals surface area contributed by atoms with Gasteiger partial charge in [0, 0.05) is 24.7 Å². The Kier molecular flexibility index (Phi) is 10.8. The first kappa shape index (κ1) is 30.8. The highest BCUT2D eigenvalue weighted by Gasteiger charge is 2.45. The van der Waals surface area contributed by atoms with Crippen molar-refractivity contribution in [2.24, 2.45) is 16.5 Å². The van der Waals surface area contributed by atoms with Crippen molar-refractivity contribution in [1.29, 1.82) is 0 Å². The molecule has 1 aromatic carbocycles. The Bertz CT molecular complexity index is 1320. The van der Waals surface area contributed by atoms with E-state index >= 15 is 0 Å². The van der Waals surface area contributed by atoms with E-state index in [1.165, 1.54) is 6.20 Å². The quantitative estimate of drug-likeness (QED) is 0.124. The number of thiazole rings is 1. The predicted octanol–water partition coefficient (Wildman–Crippen LogP) is -0.620. The van der Waals surface area contributed by atoms with Crippen LogP contribution in [0.4, 0.5) is 0 Å². The van der Waals surface area contributed by atoms with Gasteiger partial charge in [0.2, 0.25) is 27.9 Å². The number of carboxylic acid groups (broad SMARTS) is 1. The summed E-state index contributed by atoms with van der Waals surface area (Å²) in [6.45, 7) is -0.291. The molecule has 0 radical (unpaired) electrons. The van der Waals surface area contributed by atoms with E-state index in [4.69, 9.17) is 11.5 Å². The second-order valence-corrected chi connectivity index (χ2v) is 11.7. The van der Waals surface area contributed by atoms with Crippen molar-refractivity contribution < 1.29 is 32.7 Å². The number of piperazine rings is 1.